The van der Waals surface area contributed by atoms with E-state index in [4.69, 9.17) is 0 Å². The first-order chi connectivity index (χ1) is 9.49. The minimum Gasteiger partial charge on any atom is -0.388 e. The van der Waals surface area contributed by atoms with E-state index in [0.717, 1.165) is 11.4 Å². The van der Waals surface area contributed by atoms with Gasteiger partial charge >= 0.3 is 0 Å². The van der Waals surface area contributed by atoms with Gasteiger partial charge in [0.25, 0.3) is 5.69 Å². The van der Waals surface area contributed by atoms with Crippen LogP contribution in [0.3, 0.4) is 0 Å². The third-order valence-corrected chi connectivity index (χ3v) is 4.17. The zero-order valence-corrected chi connectivity index (χ0v) is 12.5. The van der Waals surface area contributed by atoms with E-state index < -0.39 is 0 Å². The molecule has 0 fully saturated rings. The molecule has 0 amide bonds. The zero-order chi connectivity index (χ0) is 14.7. The van der Waals surface area contributed by atoms with Gasteiger partial charge in [0.2, 0.25) is 0 Å². The number of rotatable bonds is 5. The molecule has 5 nitrogen and oxygen atoms in total. The second kappa shape index (κ2) is 5.92. The van der Waals surface area contributed by atoms with Crippen molar-refractivity contribution in [1.29, 1.82) is 0 Å². The Balaban J connectivity index is 2.24. The lowest BCUT2D eigenvalue weighted by Gasteiger charge is -2.14. The molecule has 0 bridgehead atoms. The Kier molecular flexibility index (Phi) is 4.24. The Morgan fingerprint density at radius 3 is 2.50 bits per heavy atom. The van der Waals surface area contributed by atoms with E-state index in [-0.39, 0.29) is 16.7 Å². The molecule has 1 aromatic heterocycles. The van der Waals surface area contributed by atoms with Crippen LogP contribution in [0.4, 0.5) is 17.1 Å². The summed E-state index contributed by atoms with van der Waals surface area (Å²) in [5, 5.41) is 17.2. The maximum absolute atomic E-state index is 10.9. The van der Waals surface area contributed by atoms with Crippen molar-refractivity contribution in [2.45, 2.75) is 19.9 Å². The first kappa shape index (κ1) is 14.3. The summed E-state index contributed by atoms with van der Waals surface area (Å²) in [7, 11) is 1.74. The minimum atomic E-state index is -0.383. The van der Waals surface area contributed by atoms with Gasteiger partial charge in [-0.2, -0.15) is 0 Å². The van der Waals surface area contributed by atoms with Crippen LogP contribution in [0.1, 0.15) is 22.7 Å². The van der Waals surface area contributed by atoms with Crippen molar-refractivity contribution in [3.05, 3.63) is 50.2 Å². The molecule has 0 aliphatic carbocycles. The summed E-state index contributed by atoms with van der Waals surface area (Å²) in [6, 6.07) is 9.20. The summed E-state index contributed by atoms with van der Waals surface area (Å²) >= 11 is 1.72. The molecule has 0 aliphatic rings. The van der Waals surface area contributed by atoms with Crippen LogP contribution in [-0.2, 0) is 0 Å². The fourth-order valence-corrected chi connectivity index (χ4v) is 2.83. The maximum Gasteiger partial charge on any atom is 0.273 e. The lowest BCUT2D eigenvalue weighted by atomic mass is 10.2. The molecule has 2 N–H and O–H groups in total. The summed E-state index contributed by atoms with van der Waals surface area (Å²) in [5.74, 6) is 0. The third-order valence-electron chi connectivity index (χ3n) is 2.99. The molecule has 6 heteroatoms. The zero-order valence-electron chi connectivity index (χ0n) is 11.6. The van der Waals surface area contributed by atoms with E-state index in [1.54, 1.807) is 24.5 Å². The summed E-state index contributed by atoms with van der Waals surface area (Å²) < 4.78 is 0. The Morgan fingerprint density at radius 1 is 1.25 bits per heavy atom. The van der Waals surface area contributed by atoms with Crippen LogP contribution < -0.4 is 10.6 Å². The van der Waals surface area contributed by atoms with Gasteiger partial charge in [0, 0.05) is 40.3 Å². The van der Waals surface area contributed by atoms with Crippen molar-refractivity contribution >= 4 is 28.4 Å². The second-order valence-corrected chi connectivity index (χ2v) is 5.91. The van der Waals surface area contributed by atoms with E-state index in [9.17, 15) is 10.1 Å². The molecule has 0 saturated heterocycles. The number of nitro benzene ring substituents is 1. The van der Waals surface area contributed by atoms with Crippen molar-refractivity contribution < 1.29 is 4.92 Å². The predicted octanol–water partition coefficient (Wildman–Crippen LogP) is 4.18. The monoisotopic (exact) mass is 291 g/mol. The van der Waals surface area contributed by atoms with Gasteiger partial charge in [-0.1, -0.05) is 0 Å². The first-order valence-corrected chi connectivity index (χ1v) is 7.11. The molecule has 0 aliphatic heterocycles. The van der Waals surface area contributed by atoms with Crippen molar-refractivity contribution in [2.24, 2.45) is 0 Å². The maximum atomic E-state index is 10.9. The summed E-state index contributed by atoms with van der Waals surface area (Å²) in [6.45, 7) is 4.11. The van der Waals surface area contributed by atoms with Crippen molar-refractivity contribution in [3.8, 4) is 0 Å². The van der Waals surface area contributed by atoms with E-state index in [0.29, 0.717) is 0 Å². The van der Waals surface area contributed by atoms with Crippen LogP contribution in [0.2, 0.25) is 0 Å². The van der Waals surface area contributed by atoms with Crippen LogP contribution in [0.25, 0.3) is 0 Å². The third kappa shape index (κ3) is 3.27. The number of benzene rings is 1. The highest BCUT2D eigenvalue weighted by molar-refractivity contribution is 7.12. The predicted molar refractivity (Wildman–Crippen MR) is 83.7 cm³/mol. The lowest BCUT2D eigenvalue weighted by Crippen LogP contribution is -2.05. The molecule has 1 atom stereocenters. The van der Waals surface area contributed by atoms with Gasteiger partial charge in [-0.05, 0) is 32.0 Å². The van der Waals surface area contributed by atoms with Crippen molar-refractivity contribution in [1.82, 2.24) is 0 Å². The molecular formula is C14H17N3O2S. The Morgan fingerprint density at radius 2 is 1.95 bits per heavy atom. The van der Waals surface area contributed by atoms with Gasteiger partial charge in [-0.3, -0.25) is 10.1 Å². The van der Waals surface area contributed by atoms with Gasteiger partial charge in [0.15, 0.2) is 0 Å². The van der Waals surface area contributed by atoms with Crippen molar-refractivity contribution in [2.75, 3.05) is 17.7 Å². The molecule has 0 saturated carbocycles. The molecule has 1 heterocycles. The molecule has 20 heavy (non-hydrogen) atoms. The lowest BCUT2D eigenvalue weighted by molar-refractivity contribution is -0.384. The smallest absolute Gasteiger partial charge is 0.273 e. The summed E-state index contributed by atoms with van der Waals surface area (Å²) in [5.41, 5.74) is 1.53. The van der Waals surface area contributed by atoms with Crippen LogP contribution in [0.5, 0.6) is 0 Å². The molecule has 2 aromatic rings. The summed E-state index contributed by atoms with van der Waals surface area (Å²) in [6.07, 6.45) is 0. The number of non-ortho nitro benzene ring substituents is 1. The molecular weight excluding hydrogens is 274 g/mol. The van der Waals surface area contributed by atoms with Gasteiger partial charge < -0.3 is 10.6 Å². The fourth-order valence-electron chi connectivity index (χ4n) is 1.95. The number of nitro groups is 1. The number of nitrogens with one attached hydrogen (secondary N) is 2. The molecule has 1 aromatic carbocycles. The Bertz CT molecular complexity index is 625. The van der Waals surface area contributed by atoms with Crippen molar-refractivity contribution in [3.63, 3.8) is 0 Å². The average molecular weight is 291 g/mol. The molecule has 2 rings (SSSR count). The number of aryl methyl sites for hydroxylation is 1. The van der Waals surface area contributed by atoms with Gasteiger partial charge in [0.1, 0.15) is 0 Å². The highest BCUT2D eigenvalue weighted by Crippen LogP contribution is 2.29. The Hall–Kier alpha value is -2.08. The van der Waals surface area contributed by atoms with Crippen LogP contribution in [0, 0.1) is 17.0 Å². The second-order valence-electron chi connectivity index (χ2n) is 4.59. The highest BCUT2D eigenvalue weighted by Gasteiger charge is 2.12. The molecule has 0 radical (unpaired) electrons. The fraction of sp³-hybridized carbons (Fsp3) is 0.286. The van der Waals surface area contributed by atoms with Crippen LogP contribution >= 0.6 is 11.3 Å². The van der Waals surface area contributed by atoms with Gasteiger partial charge in [0.05, 0.1) is 11.0 Å². The number of hydrogen-bond donors (Lipinski definition) is 2. The quantitative estimate of drug-likeness (QED) is 0.640. The number of hydrogen-bond acceptors (Lipinski definition) is 5. The molecule has 0 spiro atoms. The van der Waals surface area contributed by atoms with Crippen LogP contribution in [0.15, 0.2) is 30.3 Å². The largest absolute Gasteiger partial charge is 0.388 e. The molecule has 1 unspecified atom stereocenters. The van der Waals surface area contributed by atoms with E-state index in [1.165, 1.54) is 15.8 Å². The van der Waals surface area contributed by atoms with Gasteiger partial charge in [-0.25, -0.2) is 0 Å². The summed E-state index contributed by atoms with van der Waals surface area (Å²) in [4.78, 5) is 13.0. The van der Waals surface area contributed by atoms with E-state index in [2.05, 4.69) is 29.7 Å². The molecule has 106 valence electrons. The topological polar surface area (TPSA) is 67.2 Å². The highest BCUT2D eigenvalue weighted by atomic mass is 32.1. The SMILES string of the molecule is CNc1cc(NC(C)c2ccc(C)s2)cc([N+](=O)[O-])c1. The van der Waals surface area contributed by atoms with E-state index >= 15 is 0 Å². The first-order valence-electron chi connectivity index (χ1n) is 6.29. The number of anilines is 2. The average Bonchev–Trinajstić information content (AvgIpc) is 2.85. The normalized spacial score (nSPS) is 11.9. The van der Waals surface area contributed by atoms with Gasteiger partial charge in [-0.15, -0.1) is 11.3 Å². The van der Waals surface area contributed by atoms with Crippen LogP contribution in [-0.4, -0.2) is 12.0 Å². The Labute approximate surface area is 121 Å². The van der Waals surface area contributed by atoms with E-state index in [1.807, 2.05) is 13.0 Å². The minimum absolute atomic E-state index is 0.0777. The standard InChI is InChI=1S/C14H17N3O2S/c1-9-4-5-14(20-9)10(2)16-12-6-11(15-3)7-13(8-12)17(18)19/h4-8,10,15-16H,1-3H3. The number of thiophene rings is 1. The number of nitrogens with zero attached hydrogens (tertiary/aromatic N) is 1.